The molecular formula is C15H9ClF3NO4S. The summed E-state index contributed by atoms with van der Waals surface area (Å²) in [5, 5.41) is 18.6. The lowest BCUT2D eigenvalue weighted by Crippen LogP contribution is -2.15. The molecule has 10 heteroatoms. The van der Waals surface area contributed by atoms with Crippen LogP contribution in [0.5, 0.6) is 11.5 Å². The van der Waals surface area contributed by atoms with E-state index >= 15 is 0 Å². The van der Waals surface area contributed by atoms with Gasteiger partial charge in [-0.2, -0.15) is 14.0 Å². The smallest absolute Gasteiger partial charge is 0.341 e. The summed E-state index contributed by atoms with van der Waals surface area (Å²) in [5.74, 6) is -4.80. The summed E-state index contributed by atoms with van der Waals surface area (Å²) in [4.78, 5) is -0.883. The predicted octanol–water partition coefficient (Wildman–Crippen LogP) is 3.63. The first-order valence-corrected chi connectivity index (χ1v) is 8.46. The highest BCUT2D eigenvalue weighted by Crippen LogP contribution is 2.34. The number of alkyl halides is 2. The van der Waals surface area contributed by atoms with Gasteiger partial charge in [-0.1, -0.05) is 11.6 Å². The molecule has 0 saturated carbocycles. The second kappa shape index (κ2) is 7.31. The zero-order valence-electron chi connectivity index (χ0n) is 12.2. The fourth-order valence-corrected chi connectivity index (χ4v) is 3.22. The molecule has 0 aliphatic rings. The molecule has 0 aliphatic carbocycles. The Labute approximate surface area is 145 Å². The first-order chi connectivity index (χ1) is 11.7. The van der Waals surface area contributed by atoms with Crippen LogP contribution >= 0.6 is 11.6 Å². The lowest BCUT2D eigenvalue weighted by molar-refractivity contribution is 0.233. The van der Waals surface area contributed by atoms with E-state index in [-0.39, 0.29) is 16.5 Å². The molecule has 0 amide bonds. The molecule has 0 fully saturated rings. The van der Waals surface area contributed by atoms with Crippen molar-refractivity contribution in [1.82, 2.24) is 0 Å². The lowest BCUT2D eigenvalue weighted by Gasteiger charge is -2.14. The summed E-state index contributed by atoms with van der Waals surface area (Å²) < 4.78 is 67.4. The van der Waals surface area contributed by atoms with Gasteiger partial charge in [-0.3, -0.25) is 0 Å². The maximum atomic E-state index is 13.3. The van der Waals surface area contributed by atoms with Crippen LogP contribution in [0.3, 0.4) is 0 Å². The Bertz CT molecular complexity index is 938. The third-order valence-corrected chi connectivity index (χ3v) is 4.79. The van der Waals surface area contributed by atoms with Gasteiger partial charge in [0.1, 0.15) is 28.9 Å². The van der Waals surface area contributed by atoms with Crippen molar-refractivity contribution >= 4 is 21.4 Å². The van der Waals surface area contributed by atoms with E-state index in [1.54, 1.807) is 6.07 Å². The van der Waals surface area contributed by atoms with E-state index in [0.717, 1.165) is 24.3 Å². The van der Waals surface area contributed by atoms with Crippen LogP contribution in [0.25, 0.3) is 0 Å². The van der Waals surface area contributed by atoms with Crippen molar-refractivity contribution in [2.24, 2.45) is 0 Å². The summed E-state index contributed by atoms with van der Waals surface area (Å²) in [6, 6.07) is 6.54. The monoisotopic (exact) mass is 391 g/mol. The van der Waals surface area contributed by atoms with E-state index in [4.69, 9.17) is 16.3 Å². The van der Waals surface area contributed by atoms with E-state index in [9.17, 15) is 32.0 Å². The number of nitriles is 1. The second-order valence-corrected chi connectivity index (χ2v) is 7.02. The number of nitrogens with zero attached hydrogens (tertiary/aromatic N) is 1. The molecule has 1 N–H and O–H groups in total. The van der Waals surface area contributed by atoms with Crippen molar-refractivity contribution in [3.8, 4) is 17.6 Å². The molecule has 0 bridgehead atoms. The molecular weight excluding hydrogens is 383 g/mol. The minimum absolute atomic E-state index is 0.00721. The summed E-state index contributed by atoms with van der Waals surface area (Å²) in [7, 11) is -5.04. The van der Waals surface area contributed by atoms with Crippen molar-refractivity contribution in [3.63, 3.8) is 0 Å². The number of rotatable bonds is 5. The topological polar surface area (TPSA) is 87.4 Å². The number of ether oxygens (including phenoxy) is 1. The number of sulfone groups is 1. The SMILES string of the molecule is N#Cc1c(Oc2cc(F)cc(Cl)c2)ccc(S(=O)(=O)C(F)F)c1CO. The molecule has 0 aromatic heterocycles. The number of hydrogen-bond acceptors (Lipinski definition) is 5. The van der Waals surface area contributed by atoms with Gasteiger partial charge in [-0.05, 0) is 24.3 Å². The van der Waals surface area contributed by atoms with Crippen LogP contribution < -0.4 is 4.74 Å². The standard InChI is InChI=1S/C15H9ClF3NO4S/c16-8-3-9(17)5-10(4-8)24-13-1-2-14(25(22,23)15(18)19)12(7-21)11(13)6-20/h1-5,15,21H,7H2. The first kappa shape index (κ1) is 19.1. The van der Waals surface area contributed by atoms with Crippen LogP contribution in [0.2, 0.25) is 5.02 Å². The van der Waals surface area contributed by atoms with Crippen molar-refractivity contribution in [2.75, 3.05) is 0 Å². The lowest BCUT2D eigenvalue weighted by atomic mass is 10.1. The third-order valence-electron chi connectivity index (χ3n) is 3.11. The second-order valence-electron chi connectivity index (χ2n) is 4.70. The quantitative estimate of drug-likeness (QED) is 0.840. The van der Waals surface area contributed by atoms with Gasteiger partial charge in [0.2, 0.25) is 9.84 Å². The molecule has 0 heterocycles. The molecule has 5 nitrogen and oxygen atoms in total. The third kappa shape index (κ3) is 3.87. The molecule has 0 spiro atoms. The normalized spacial score (nSPS) is 11.4. The van der Waals surface area contributed by atoms with Gasteiger partial charge in [0.25, 0.3) is 0 Å². The first-order valence-electron chi connectivity index (χ1n) is 6.53. The van der Waals surface area contributed by atoms with Gasteiger partial charge < -0.3 is 9.84 Å². The number of aliphatic hydroxyl groups excluding tert-OH is 1. The molecule has 2 aromatic rings. The van der Waals surface area contributed by atoms with E-state index in [0.29, 0.717) is 0 Å². The molecule has 0 aliphatic heterocycles. The van der Waals surface area contributed by atoms with Crippen LogP contribution in [0, 0.1) is 17.1 Å². The van der Waals surface area contributed by atoms with Gasteiger partial charge in [0.15, 0.2) is 0 Å². The van der Waals surface area contributed by atoms with Crippen LogP contribution in [0.4, 0.5) is 13.2 Å². The van der Waals surface area contributed by atoms with Crippen LogP contribution in [-0.4, -0.2) is 19.3 Å². The molecule has 0 radical (unpaired) electrons. The van der Waals surface area contributed by atoms with E-state index in [1.807, 2.05) is 0 Å². The summed E-state index contributed by atoms with van der Waals surface area (Å²) >= 11 is 5.68. The highest BCUT2D eigenvalue weighted by atomic mass is 35.5. The molecule has 0 saturated heterocycles. The molecule has 132 valence electrons. The van der Waals surface area contributed by atoms with Crippen molar-refractivity contribution in [1.29, 1.82) is 5.26 Å². The predicted molar refractivity (Wildman–Crippen MR) is 81.8 cm³/mol. The Hall–Kier alpha value is -2.28. The highest BCUT2D eigenvalue weighted by molar-refractivity contribution is 7.91. The fraction of sp³-hybridized carbons (Fsp3) is 0.133. The zero-order chi connectivity index (χ0) is 18.8. The molecule has 0 unspecified atom stereocenters. The maximum absolute atomic E-state index is 13.3. The summed E-state index contributed by atoms with van der Waals surface area (Å²) in [6.07, 6.45) is 0. The maximum Gasteiger partial charge on any atom is 0.341 e. The van der Waals surface area contributed by atoms with Gasteiger partial charge in [0, 0.05) is 16.7 Å². The van der Waals surface area contributed by atoms with Crippen LogP contribution in [0.1, 0.15) is 11.1 Å². The summed E-state index contributed by atoms with van der Waals surface area (Å²) in [6.45, 7) is -0.995. The Balaban J connectivity index is 2.60. The van der Waals surface area contributed by atoms with Crippen LogP contribution in [-0.2, 0) is 16.4 Å². The number of hydrogen-bond donors (Lipinski definition) is 1. The van der Waals surface area contributed by atoms with E-state index in [2.05, 4.69) is 0 Å². The van der Waals surface area contributed by atoms with Gasteiger partial charge in [0.05, 0.1) is 11.5 Å². The molecule has 2 aromatic carbocycles. The zero-order valence-corrected chi connectivity index (χ0v) is 13.8. The number of halogens is 4. The average molecular weight is 392 g/mol. The largest absolute Gasteiger partial charge is 0.456 e. The van der Waals surface area contributed by atoms with Crippen molar-refractivity contribution in [2.45, 2.75) is 17.3 Å². The van der Waals surface area contributed by atoms with Crippen molar-refractivity contribution in [3.05, 3.63) is 52.3 Å². The number of aliphatic hydroxyl groups is 1. The Morgan fingerprint density at radius 1 is 1.28 bits per heavy atom. The van der Waals surface area contributed by atoms with Crippen LogP contribution in [0.15, 0.2) is 35.2 Å². The molecule has 2 rings (SSSR count). The summed E-state index contributed by atoms with van der Waals surface area (Å²) in [5.41, 5.74) is -1.01. The minimum atomic E-state index is -5.04. The Morgan fingerprint density at radius 2 is 1.96 bits per heavy atom. The molecule has 25 heavy (non-hydrogen) atoms. The molecule has 0 atom stereocenters. The number of benzene rings is 2. The van der Waals surface area contributed by atoms with Gasteiger partial charge >= 0.3 is 5.76 Å². The van der Waals surface area contributed by atoms with Crippen molar-refractivity contribution < 1.29 is 31.4 Å². The Kier molecular flexibility index (Phi) is 5.57. The average Bonchev–Trinajstić information content (AvgIpc) is 2.52. The highest BCUT2D eigenvalue weighted by Gasteiger charge is 2.31. The minimum Gasteiger partial charge on any atom is -0.456 e. The van der Waals surface area contributed by atoms with Gasteiger partial charge in [-0.25, -0.2) is 12.8 Å². The Morgan fingerprint density at radius 3 is 2.48 bits per heavy atom. The van der Waals surface area contributed by atoms with E-state index in [1.165, 1.54) is 6.07 Å². The van der Waals surface area contributed by atoms with E-state index < -0.39 is 44.0 Å². The van der Waals surface area contributed by atoms with Gasteiger partial charge in [-0.15, -0.1) is 0 Å². The fourth-order valence-electron chi connectivity index (χ4n) is 2.05.